The van der Waals surface area contributed by atoms with E-state index in [0.717, 1.165) is 23.9 Å². The van der Waals surface area contributed by atoms with Crippen LogP contribution >= 0.6 is 15.9 Å². The van der Waals surface area contributed by atoms with Crippen molar-refractivity contribution < 1.29 is 9.53 Å². The van der Waals surface area contributed by atoms with Crippen LogP contribution in [0.4, 0.5) is 0 Å². The maximum atomic E-state index is 12.1. The van der Waals surface area contributed by atoms with Crippen LogP contribution in [0, 0.1) is 0 Å². The van der Waals surface area contributed by atoms with E-state index in [2.05, 4.69) is 15.9 Å². The van der Waals surface area contributed by atoms with E-state index in [4.69, 9.17) is 10.5 Å². The first-order valence-electron chi connectivity index (χ1n) is 6.49. The summed E-state index contributed by atoms with van der Waals surface area (Å²) in [5.41, 5.74) is 5.89. The molecule has 2 atom stereocenters. The van der Waals surface area contributed by atoms with Crippen LogP contribution in [0.25, 0.3) is 0 Å². The quantitative estimate of drug-likeness (QED) is 0.926. The molecule has 1 fully saturated rings. The lowest BCUT2D eigenvalue weighted by Crippen LogP contribution is -2.49. The van der Waals surface area contributed by atoms with E-state index in [0.29, 0.717) is 5.75 Å². The van der Waals surface area contributed by atoms with Gasteiger partial charge in [0.1, 0.15) is 5.75 Å². The molecule has 1 aliphatic rings. The summed E-state index contributed by atoms with van der Waals surface area (Å²) in [7, 11) is 0. The number of likely N-dealkylation sites (tertiary alicyclic amines) is 1. The van der Waals surface area contributed by atoms with Gasteiger partial charge in [-0.2, -0.15) is 0 Å². The molecule has 4 nitrogen and oxygen atoms in total. The number of carbonyl (C=O) groups excluding carboxylic acids is 1. The number of carbonyl (C=O) groups is 1. The van der Waals surface area contributed by atoms with Gasteiger partial charge in [-0.15, -0.1) is 0 Å². The highest BCUT2D eigenvalue weighted by atomic mass is 79.9. The smallest absolute Gasteiger partial charge is 0.260 e. The lowest BCUT2D eigenvalue weighted by Gasteiger charge is -2.36. The Hall–Kier alpha value is -1.07. The summed E-state index contributed by atoms with van der Waals surface area (Å²) in [6, 6.07) is 7.90. The number of amides is 1. The van der Waals surface area contributed by atoms with Gasteiger partial charge < -0.3 is 15.4 Å². The molecule has 1 aromatic rings. The second-order valence-corrected chi connectivity index (χ2v) is 5.88. The van der Waals surface area contributed by atoms with Gasteiger partial charge in [0.25, 0.3) is 5.91 Å². The van der Waals surface area contributed by atoms with Crippen molar-refractivity contribution in [3.05, 3.63) is 28.7 Å². The van der Waals surface area contributed by atoms with Gasteiger partial charge in [0.2, 0.25) is 0 Å². The highest BCUT2D eigenvalue weighted by molar-refractivity contribution is 9.10. The van der Waals surface area contributed by atoms with E-state index in [9.17, 15) is 4.79 Å². The minimum atomic E-state index is 0.0272. The highest BCUT2D eigenvalue weighted by Gasteiger charge is 2.27. The van der Waals surface area contributed by atoms with Gasteiger partial charge in [0, 0.05) is 23.1 Å². The van der Waals surface area contributed by atoms with Crippen LogP contribution in [0.1, 0.15) is 19.8 Å². The summed E-state index contributed by atoms with van der Waals surface area (Å²) in [6.07, 6.45) is 1.73. The Labute approximate surface area is 122 Å². The Morgan fingerprint density at radius 2 is 2.37 bits per heavy atom. The van der Waals surface area contributed by atoms with Crippen molar-refractivity contribution in [2.45, 2.75) is 31.8 Å². The zero-order chi connectivity index (χ0) is 13.8. The maximum Gasteiger partial charge on any atom is 0.260 e. The minimum absolute atomic E-state index is 0.0272. The van der Waals surface area contributed by atoms with Gasteiger partial charge >= 0.3 is 0 Å². The summed E-state index contributed by atoms with van der Waals surface area (Å²) in [5.74, 6) is 0.725. The van der Waals surface area contributed by atoms with E-state index >= 15 is 0 Å². The van der Waals surface area contributed by atoms with Crippen molar-refractivity contribution in [1.29, 1.82) is 0 Å². The molecular weight excluding hydrogens is 308 g/mol. The van der Waals surface area contributed by atoms with Crippen LogP contribution in [-0.2, 0) is 4.79 Å². The number of rotatable bonds is 3. The highest BCUT2D eigenvalue weighted by Crippen LogP contribution is 2.19. The van der Waals surface area contributed by atoms with Crippen molar-refractivity contribution in [1.82, 2.24) is 4.90 Å². The van der Waals surface area contributed by atoms with Crippen LogP contribution in [0.15, 0.2) is 28.7 Å². The Balaban J connectivity index is 1.87. The largest absolute Gasteiger partial charge is 0.484 e. The van der Waals surface area contributed by atoms with Crippen molar-refractivity contribution in [2.75, 3.05) is 13.2 Å². The second-order valence-electron chi connectivity index (χ2n) is 4.97. The first-order chi connectivity index (χ1) is 9.06. The van der Waals surface area contributed by atoms with Crippen LogP contribution in [-0.4, -0.2) is 36.0 Å². The summed E-state index contributed by atoms with van der Waals surface area (Å²) in [4.78, 5) is 14.0. The molecule has 0 spiro atoms. The van der Waals surface area contributed by atoms with Gasteiger partial charge in [-0.3, -0.25) is 4.79 Å². The number of ether oxygens (including phenoxy) is 1. The van der Waals surface area contributed by atoms with E-state index in [1.54, 1.807) is 0 Å². The number of hydrogen-bond donors (Lipinski definition) is 1. The fourth-order valence-electron chi connectivity index (χ4n) is 2.36. The molecule has 0 bridgehead atoms. The Bertz CT molecular complexity index is 453. The van der Waals surface area contributed by atoms with Crippen molar-refractivity contribution in [2.24, 2.45) is 5.73 Å². The van der Waals surface area contributed by atoms with Gasteiger partial charge in [-0.05, 0) is 38.0 Å². The number of nitrogens with zero attached hydrogens (tertiary/aromatic N) is 1. The van der Waals surface area contributed by atoms with Crippen molar-refractivity contribution >= 4 is 21.8 Å². The predicted molar refractivity (Wildman–Crippen MR) is 78.0 cm³/mol. The van der Waals surface area contributed by atoms with Crippen LogP contribution in [0.5, 0.6) is 5.75 Å². The molecule has 0 radical (unpaired) electrons. The number of nitrogens with two attached hydrogens (primary N) is 1. The molecule has 19 heavy (non-hydrogen) atoms. The third-order valence-electron chi connectivity index (χ3n) is 3.40. The molecule has 1 aromatic carbocycles. The Morgan fingerprint density at radius 1 is 1.58 bits per heavy atom. The number of piperidine rings is 1. The minimum Gasteiger partial charge on any atom is -0.484 e. The average molecular weight is 327 g/mol. The van der Waals surface area contributed by atoms with Crippen molar-refractivity contribution in [3.63, 3.8) is 0 Å². The number of halogens is 1. The molecular formula is C14H19BrN2O2. The summed E-state index contributed by atoms with van der Waals surface area (Å²) < 4.78 is 6.46. The van der Waals surface area contributed by atoms with Gasteiger partial charge in [0.15, 0.2) is 6.61 Å². The summed E-state index contributed by atoms with van der Waals surface area (Å²) >= 11 is 3.37. The third-order valence-corrected chi connectivity index (χ3v) is 3.89. The monoisotopic (exact) mass is 326 g/mol. The SMILES string of the molecule is C[C@H]1C[C@H](N)CCN1C(=O)COc1cccc(Br)c1. The lowest BCUT2D eigenvalue weighted by molar-refractivity contribution is -0.136. The topological polar surface area (TPSA) is 55.6 Å². The molecule has 2 N–H and O–H groups in total. The molecule has 0 aromatic heterocycles. The molecule has 104 valence electrons. The normalized spacial score (nSPS) is 23.2. The number of hydrogen-bond acceptors (Lipinski definition) is 3. The van der Waals surface area contributed by atoms with Crippen LogP contribution < -0.4 is 10.5 Å². The van der Waals surface area contributed by atoms with E-state index in [1.165, 1.54) is 0 Å². The standard InChI is InChI=1S/C14H19BrN2O2/c1-10-7-12(16)5-6-17(10)14(18)9-19-13-4-2-3-11(15)8-13/h2-4,8,10,12H,5-7,9,16H2,1H3/t10-,12+/m0/s1. The molecule has 0 aliphatic carbocycles. The fraction of sp³-hybridized carbons (Fsp3) is 0.500. The lowest BCUT2D eigenvalue weighted by atomic mass is 9.99. The molecule has 1 amide bonds. The molecule has 0 saturated carbocycles. The van der Waals surface area contributed by atoms with Gasteiger partial charge in [0.05, 0.1) is 0 Å². The molecule has 0 unspecified atom stereocenters. The van der Waals surface area contributed by atoms with Crippen molar-refractivity contribution in [3.8, 4) is 5.75 Å². The van der Waals surface area contributed by atoms with Gasteiger partial charge in [-0.25, -0.2) is 0 Å². The zero-order valence-electron chi connectivity index (χ0n) is 11.0. The first kappa shape index (κ1) is 14.3. The molecule has 1 aliphatic heterocycles. The van der Waals surface area contributed by atoms with E-state index in [-0.39, 0.29) is 24.6 Å². The summed E-state index contributed by atoms with van der Waals surface area (Å²) in [6.45, 7) is 2.84. The van der Waals surface area contributed by atoms with E-state index in [1.807, 2.05) is 36.1 Å². The zero-order valence-corrected chi connectivity index (χ0v) is 12.6. The molecule has 1 saturated heterocycles. The first-order valence-corrected chi connectivity index (χ1v) is 7.29. The predicted octanol–water partition coefficient (Wildman–Crippen LogP) is 2.17. The van der Waals surface area contributed by atoms with Crippen LogP contribution in [0.3, 0.4) is 0 Å². The third kappa shape index (κ3) is 3.94. The van der Waals surface area contributed by atoms with Gasteiger partial charge in [-0.1, -0.05) is 22.0 Å². The molecule has 1 heterocycles. The molecule has 2 rings (SSSR count). The average Bonchev–Trinajstić information content (AvgIpc) is 2.36. The Kier molecular flexibility index (Phi) is 4.82. The van der Waals surface area contributed by atoms with Crippen LogP contribution in [0.2, 0.25) is 0 Å². The summed E-state index contributed by atoms with van der Waals surface area (Å²) in [5, 5.41) is 0. The Morgan fingerprint density at radius 3 is 3.05 bits per heavy atom. The fourth-order valence-corrected chi connectivity index (χ4v) is 2.74. The number of benzene rings is 1. The second kappa shape index (κ2) is 6.39. The molecule has 5 heteroatoms. The maximum absolute atomic E-state index is 12.1. The van der Waals surface area contributed by atoms with E-state index < -0.39 is 0 Å².